The van der Waals surface area contributed by atoms with Crippen LogP contribution in [0.2, 0.25) is 0 Å². The van der Waals surface area contributed by atoms with E-state index in [4.69, 9.17) is 12.2 Å². The third-order valence-corrected chi connectivity index (χ3v) is 7.36. The number of hydrogen-bond donors (Lipinski definition) is 0. The Balaban J connectivity index is 1.60. The Morgan fingerprint density at radius 3 is 1.94 bits per heavy atom. The molecule has 0 N–H and O–H groups in total. The van der Waals surface area contributed by atoms with Crippen molar-refractivity contribution < 1.29 is 14.5 Å². The number of nitrogens with zero attached hydrogens (tertiary/aromatic N) is 4. The molecular formula is C25H22N4O4S2. The second-order valence-corrected chi connectivity index (χ2v) is 9.59. The van der Waals surface area contributed by atoms with Crippen molar-refractivity contribution in [1.82, 2.24) is 14.4 Å². The van der Waals surface area contributed by atoms with Gasteiger partial charge in [-0.3, -0.25) is 29.5 Å². The molecule has 10 heteroatoms. The predicted molar refractivity (Wildman–Crippen MR) is 139 cm³/mol. The minimum absolute atomic E-state index is 0.0617. The van der Waals surface area contributed by atoms with E-state index in [0.717, 1.165) is 32.4 Å². The maximum atomic E-state index is 12.7. The van der Waals surface area contributed by atoms with Crippen LogP contribution in [0, 0.1) is 24.0 Å². The number of nitro benzene ring substituents is 1. The minimum atomic E-state index is -0.421. The van der Waals surface area contributed by atoms with Crippen molar-refractivity contribution >= 4 is 52.7 Å². The number of thiocarbonyl (C=S) groups is 1. The average molecular weight is 507 g/mol. The number of benzene rings is 2. The number of nitro groups is 1. The van der Waals surface area contributed by atoms with Gasteiger partial charge in [-0.05, 0) is 80.2 Å². The van der Waals surface area contributed by atoms with Crippen LogP contribution in [0.25, 0.3) is 11.8 Å². The summed E-state index contributed by atoms with van der Waals surface area (Å²) in [6.45, 7) is 3.90. The lowest BCUT2D eigenvalue weighted by Gasteiger charge is -2.31. The zero-order chi connectivity index (χ0) is 25.4. The molecule has 3 aromatic rings. The van der Waals surface area contributed by atoms with Crippen molar-refractivity contribution in [1.29, 1.82) is 0 Å². The summed E-state index contributed by atoms with van der Waals surface area (Å²) in [5.74, 6) is -0.842. The van der Waals surface area contributed by atoms with E-state index in [2.05, 4.69) is 4.57 Å². The number of non-ortho nitro benzene ring substituents is 1. The van der Waals surface area contributed by atoms with Gasteiger partial charge in [0.25, 0.3) is 17.5 Å². The summed E-state index contributed by atoms with van der Waals surface area (Å²) in [6, 6.07) is 16.3. The lowest BCUT2D eigenvalue weighted by atomic mass is 10.1. The van der Waals surface area contributed by atoms with Crippen LogP contribution in [0.3, 0.4) is 0 Å². The first kappa shape index (κ1) is 24.4. The van der Waals surface area contributed by atoms with E-state index in [1.807, 2.05) is 44.2 Å². The third kappa shape index (κ3) is 4.62. The lowest BCUT2D eigenvalue weighted by molar-refractivity contribution is -0.384. The zero-order valence-electron chi connectivity index (χ0n) is 19.5. The second kappa shape index (κ2) is 9.47. The Kier molecular flexibility index (Phi) is 6.60. The number of aryl methyl sites for hydroxylation is 1. The Hall–Kier alpha value is -3.76. The number of hydrogen-bond acceptors (Lipinski definition) is 6. The molecule has 1 aromatic heterocycles. The minimum Gasteiger partial charge on any atom is -0.318 e. The normalized spacial score (nSPS) is 14.1. The largest absolute Gasteiger partial charge is 0.318 e. The fraction of sp³-hybridized carbons (Fsp3) is 0.160. The summed E-state index contributed by atoms with van der Waals surface area (Å²) in [7, 11) is 3.11. The number of likely N-dealkylation sites (N-methyl/N-ethyl adjacent to an activating group) is 2. The topological polar surface area (TPSA) is 88.7 Å². The summed E-state index contributed by atoms with van der Waals surface area (Å²) in [4.78, 5) is 40.3. The van der Waals surface area contributed by atoms with Gasteiger partial charge in [0.05, 0.1) is 4.92 Å². The molecule has 0 atom stereocenters. The van der Waals surface area contributed by atoms with E-state index in [0.29, 0.717) is 0 Å². The highest BCUT2D eigenvalue weighted by molar-refractivity contribution is 7.99. The summed E-state index contributed by atoms with van der Waals surface area (Å²) < 4.78 is 2.06. The van der Waals surface area contributed by atoms with E-state index in [1.54, 1.807) is 32.3 Å². The fourth-order valence-corrected chi connectivity index (χ4v) is 4.88. The van der Waals surface area contributed by atoms with Crippen LogP contribution in [0.1, 0.15) is 17.0 Å². The fourth-order valence-electron chi connectivity index (χ4n) is 3.90. The first-order chi connectivity index (χ1) is 16.6. The van der Waals surface area contributed by atoms with Gasteiger partial charge in [-0.2, -0.15) is 0 Å². The smallest absolute Gasteiger partial charge is 0.269 e. The van der Waals surface area contributed by atoms with Crippen molar-refractivity contribution in [3.8, 4) is 5.69 Å². The van der Waals surface area contributed by atoms with Gasteiger partial charge < -0.3 is 4.57 Å². The molecule has 178 valence electrons. The molecule has 0 saturated carbocycles. The third-order valence-electron chi connectivity index (χ3n) is 5.79. The van der Waals surface area contributed by atoms with Gasteiger partial charge in [0.1, 0.15) is 5.57 Å². The zero-order valence-corrected chi connectivity index (χ0v) is 21.1. The lowest BCUT2D eigenvalue weighted by Crippen LogP contribution is -2.52. The van der Waals surface area contributed by atoms with Crippen molar-refractivity contribution in [2.45, 2.75) is 23.6 Å². The highest BCUT2D eigenvalue weighted by Crippen LogP contribution is 2.31. The van der Waals surface area contributed by atoms with Crippen molar-refractivity contribution in [3.05, 3.63) is 87.2 Å². The summed E-state index contributed by atoms with van der Waals surface area (Å²) in [5, 5.41) is 11.0. The van der Waals surface area contributed by atoms with Gasteiger partial charge in [-0.1, -0.05) is 11.8 Å². The quantitative estimate of drug-likeness (QED) is 0.163. The molecule has 1 aliphatic heterocycles. The maximum Gasteiger partial charge on any atom is 0.269 e. The maximum absolute atomic E-state index is 12.7. The molecule has 2 heterocycles. The van der Waals surface area contributed by atoms with E-state index >= 15 is 0 Å². The van der Waals surface area contributed by atoms with Crippen LogP contribution in [-0.2, 0) is 9.59 Å². The van der Waals surface area contributed by atoms with Gasteiger partial charge in [0.2, 0.25) is 0 Å². The van der Waals surface area contributed by atoms with Crippen LogP contribution >= 0.6 is 24.0 Å². The van der Waals surface area contributed by atoms with E-state index in [1.165, 1.54) is 33.7 Å². The molecule has 1 fully saturated rings. The van der Waals surface area contributed by atoms with Crippen molar-refractivity contribution in [2.24, 2.45) is 0 Å². The van der Waals surface area contributed by atoms with Gasteiger partial charge in [0.15, 0.2) is 5.11 Å². The van der Waals surface area contributed by atoms with Crippen molar-refractivity contribution in [2.75, 3.05) is 14.1 Å². The monoisotopic (exact) mass is 506 g/mol. The second-order valence-electron chi connectivity index (χ2n) is 8.08. The van der Waals surface area contributed by atoms with Crippen molar-refractivity contribution in [3.63, 3.8) is 0 Å². The number of aromatic nitrogens is 1. The predicted octanol–water partition coefficient (Wildman–Crippen LogP) is 4.75. The van der Waals surface area contributed by atoms with E-state index < -0.39 is 16.7 Å². The first-order valence-corrected chi connectivity index (χ1v) is 11.8. The number of amides is 2. The van der Waals surface area contributed by atoms with Gasteiger partial charge >= 0.3 is 0 Å². The molecular weight excluding hydrogens is 484 g/mol. The first-order valence-electron chi connectivity index (χ1n) is 10.6. The highest BCUT2D eigenvalue weighted by Gasteiger charge is 2.35. The Bertz CT molecular complexity index is 1370. The highest BCUT2D eigenvalue weighted by atomic mass is 32.2. The molecule has 0 aliphatic carbocycles. The molecule has 0 spiro atoms. The van der Waals surface area contributed by atoms with Crippen LogP contribution in [0.5, 0.6) is 0 Å². The van der Waals surface area contributed by atoms with Crippen LogP contribution < -0.4 is 0 Å². The molecule has 35 heavy (non-hydrogen) atoms. The molecule has 0 bridgehead atoms. The van der Waals surface area contributed by atoms with Gasteiger partial charge in [0, 0.05) is 53.1 Å². The standard InChI is InChI=1S/C25H22N4O4S2/c1-15-13-17(14-22-23(30)26(3)25(34)27(4)24(22)31)16(2)28(15)18-5-9-20(10-6-18)35-21-11-7-19(8-12-21)29(32)33/h5-14H,1-4H3. The molecule has 2 amide bonds. The number of carbonyl (C=O) groups excluding carboxylic acids is 2. The van der Waals surface area contributed by atoms with Crippen LogP contribution in [0.15, 0.2) is 70.0 Å². The molecule has 2 aromatic carbocycles. The van der Waals surface area contributed by atoms with Gasteiger partial charge in [-0.25, -0.2) is 0 Å². The molecule has 8 nitrogen and oxygen atoms in total. The Morgan fingerprint density at radius 1 is 0.914 bits per heavy atom. The van der Waals surface area contributed by atoms with Crippen LogP contribution in [0.4, 0.5) is 5.69 Å². The van der Waals surface area contributed by atoms with E-state index in [-0.39, 0.29) is 16.4 Å². The summed E-state index contributed by atoms with van der Waals surface area (Å²) in [6.07, 6.45) is 1.62. The number of carbonyl (C=O) groups is 2. The average Bonchev–Trinajstić information content (AvgIpc) is 3.12. The van der Waals surface area contributed by atoms with E-state index in [9.17, 15) is 19.7 Å². The molecule has 4 rings (SSSR count). The molecule has 0 radical (unpaired) electrons. The SMILES string of the molecule is Cc1cc(C=C2C(=O)N(C)C(=S)N(C)C2=O)c(C)n1-c1ccc(Sc2ccc([N+](=O)[O-])cc2)cc1. The molecule has 0 unspecified atom stereocenters. The summed E-state index contributed by atoms with van der Waals surface area (Å²) in [5.41, 5.74) is 3.70. The van der Waals surface area contributed by atoms with Crippen LogP contribution in [-0.4, -0.2) is 50.3 Å². The Morgan fingerprint density at radius 2 is 1.43 bits per heavy atom. The Labute approximate surface area is 212 Å². The summed E-state index contributed by atoms with van der Waals surface area (Å²) >= 11 is 6.67. The molecule has 1 saturated heterocycles. The molecule has 1 aliphatic rings. The number of rotatable bonds is 5. The van der Waals surface area contributed by atoms with Gasteiger partial charge in [-0.15, -0.1) is 0 Å².